The Morgan fingerprint density at radius 3 is 1.60 bits per heavy atom. The Morgan fingerprint density at radius 1 is 0.673 bits per heavy atom. The molecule has 0 saturated carbocycles. The van der Waals surface area contributed by atoms with Crippen molar-refractivity contribution in [3.8, 4) is 45.4 Å². The minimum absolute atomic E-state index is 0.124. The van der Waals surface area contributed by atoms with Crippen LogP contribution in [0.5, 0.6) is 11.8 Å². The molecule has 2 aliphatic heterocycles. The van der Waals surface area contributed by atoms with Crippen LogP contribution in [0.3, 0.4) is 0 Å². The normalized spacial score (nSPS) is 15.5. The maximum absolute atomic E-state index is 11.7. The number of amides is 2. The number of carbonyl (C=O) groups excluding carboxylic acids is 2. The zero-order valence-corrected chi connectivity index (χ0v) is 31.6. The van der Waals surface area contributed by atoms with Crippen LogP contribution in [-0.4, -0.2) is 89.0 Å². The van der Waals surface area contributed by atoms with Gasteiger partial charge in [-0.1, -0.05) is 53.5 Å². The molecule has 5 heterocycles. The van der Waals surface area contributed by atoms with Gasteiger partial charge >= 0.3 is 0 Å². The van der Waals surface area contributed by atoms with Crippen LogP contribution < -0.4 is 20.1 Å². The lowest BCUT2D eigenvalue weighted by Crippen LogP contribution is -2.44. The van der Waals surface area contributed by atoms with E-state index >= 15 is 0 Å². The summed E-state index contributed by atoms with van der Waals surface area (Å²) < 4.78 is 11.4. The molecular formula is C39H45Cl2N7O4. The van der Waals surface area contributed by atoms with Gasteiger partial charge in [0.2, 0.25) is 23.6 Å². The van der Waals surface area contributed by atoms with Crippen LogP contribution in [0.2, 0.25) is 10.0 Å². The maximum Gasteiger partial charge on any atom is 0.219 e. The largest absolute Gasteiger partial charge is 0.481 e. The highest BCUT2D eigenvalue weighted by atomic mass is 35.5. The number of rotatable bonds is 11. The van der Waals surface area contributed by atoms with E-state index < -0.39 is 0 Å². The molecule has 52 heavy (non-hydrogen) atoms. The molecule has 3 aromatic heterocycles. The Balaban J connectivity index is 1.18. The summed E-state index contributed by atoms with van der Waals surface area (Å²) in [5.41, 5.74) is 5.92. The molecule has 274 valence electrons. The van der Waals surface area contributed by atoms with Gasteiger partial charge in [0.05, 0.1) is 35.7 Å². The summed E-state index contributed by atoms with van der Waals surface area (Å²) in [7, 11) is 3.22. The van der Waals surface area contributed by atoms with Gasteiger partial charge in [-0.2, -0.15) is 0 Å². The smallest absolute Gasteiger partial charge is 0.219 e. The molecule has 2 amide bonds. The lowest BCUT2D eigenvalue weighted by atomic mass is 10.00. The van der Waals surface area contributed by atoms with Gasteiger partial charge in [0.1, 0.15) is 0 Å². The number of hydrogen-bond donors (Lipinski definition) is 2. The van der Waals surface area contributed by atoms with E-state index in [1.807, 2.05) is 52.3 Å². The van der Waals surface area contributed by atoms with E-state index in [0.29, 0.717) is 75.1 Å². The lowest BCUT2D eigenvalue weighted by molar-refractivity contribution is -0.130. The second-order valence-corrected chi connectivity index (χ2v) is 14.0. The molecular weight excluding hydrogens is 701 g/mol. The minimum atomic E-state index is 0.124. The number of likely N-dealkylation sites (tertiary alicyclic amines) is 2. The highest BCUT2D eigenvalue weighted by molar-refractivity contribution is 6.39. The molecule has 0 spiro atoms. The number of piperidine rings is 2. The van der Waals surface area contributed by atoms with Gasteiger partial charge in [-0.25, -0.2) is 9.97 Å². The number of nitrogens with zero attached hydrogens (tertiary/aromatic N) is 5. The van der Waals surface area contributed by atoms with Crippen molar-refractivity contribution < 1.29 is 19.1 Å². The number of aromatic nitrogens is 3. The summed E-state index contributed by atoms with van der Waals surface area (Å²) >= 11 is 14.2. The SMILES string of the molecule is COc1nc(-c2cccc(-c3cncc(-c4ccc(CNC5CCN(C(C)=O)CC5)c(OC)n4)c3Cl)c2Cl)ccc1CNC1CCN(C(C)=O)CC1. The summed E-state index contributed by atoms with van der Waals surface area (Å²) in [5, 5.41) is 8.15. The van der Waals surface area contributed by atoms with Crippen LogP contribution in [0.25, 0.3) is 33.6 Å². The molecule has 2 saturated heterocycles. The van der Waals surface area contributed by atoms with Crippen molar-refractivity contribution in [1.82, 2.24) is 35.4 Å². The standard InChI is InChI=1S/C39H45Cl2N7O4/c1-24(49)47-16-12-28(13-17-47)43-20-26-8-10-34(45-38(26)51-3)31-7-5-6-30(36(31)40)32-22-42-23-33(37(32)41)35-11-9-27(39(46-35)52-4)21-44-29-14-18-48(19-15-29)25(2)50/h5-11,22-23,28-29,43-44H,12-21H2,1-4H3. The number of halogens is 2. The molecule has 6 rings (SSSR count). The van der Waals surface area contributed by atoms with Gasteiger partial charge < -0.3 is 29.9 Å². The third-order valence-corrected chi connectivity index (χ3v) is 10.8. The maximum atomic E-state index is 11.7. The minimum Gasteiger partial charge on any atom is -0.481 e. The molecule has 0 atom stereocenters. The van der Waals surface area contributed by atoms with Gasteiger partial charge in [0.15, 0.2) is 0 Å². The molecule has 2 N–H and O–H groups in total. The van der Waals surface area contributed by atoms with Crippen molar-refractivity contribution in [1.29, 1.82) is 0 Å². The number of hydrogen-bond acceptors (Lipinski definition) is 9. The van der Waals surface area contributed by atoms with Crippen LogP contribution in [0.15, 0.2) is 54.9 Å². The van der Waals surface area contributed by atoms with Crippen molar-refractivity contribution in [2.45, 2.75) is 64.7 Å². The summed E-state index contributed by atoms with van der Waals surface area (Å²) in [4.78, 5) is 41.3. The van der Waals surface area contributed by atoms with Crippen molar-refractivity contribution in [3.63, 3.8) is 0 Å². The van der Waals surface area contributed by atoms with Crippen molar-refractivity contribution in [3.05, 3.63) is 76.0 Å². The number of benzene rings is 1. The second kappa shape index (κ2) is 17.0. The molecule has 13 heteroatoms. The molecule has 1 aromatic carbocycles. The number of nitrogens with one attached hydrogen (secondary N) is 2. The van der Waals surface area contributed by atoms with Gasteiger partial charge in [0.25, 0.3) is 0 Å². The molecule has 2 aliphatic rings. The Morgan fingerprint density at radius 2 is 1.12 bits per heavy atom. The summed E-state index contributed by atoms with van der Waals surface area (Å²) in [6.07, 6.45) is 7.02. The van der Waals surface area contributed by atoms with E-state index in [1.165, 1.54) is 0 Å². The first-order valence-electron chi connectivity index (χ1n) is 17.7. The third-order valence-electron chi connectivity index (χ3n) is 10.0. The Bertz CT molecular complexity index is 1770. The highest BCUT2D eigenvalue weighted by Gasteiger charge is 2.23. The zero-order chi connectivity index (χ0) is 36.8. The number of methoxy groups -OCH3 is 2. The van der Waals surface area contributed by atoms with Crippen LogP contribution in [0, 0.1) is 0 Å². The van der Waals surface area contributed by atoms with Gasteiger partial charge in [-0.15, -0.1) is 0 Å². The van der Waals surface area contributed by atoms with Crippen molar-refractivity contribution in [2.24, 2.45) is 0 Å². The molecule has 0 unspecified atom stereocenters. The van der Waals surface area contributed by atoms with Gasteiger partial charge in [0, 0.05) is 111 Å². The fourth-order valence-corrected chi connectivity index (χ4v) is 7.54. The van der Waals surface area contributed by atoms with Crippen LogP contribution in [0.4, 0.5) is 0 Å². The average molecular weight is 747 g/mol. The van der Waals surface area contributed by atoms with Crippen molar-refractivity contribution >= 4 is 35.0 Å². The predicted octanol–water partition coefficient (Wildman–Crippen LogP) is 6.40. The number of ether oxygens (including phenoxy) is 2. The Hall–Kier alpha value is -4.29. The molecule has 0 bridgehead atoms. The first-order chi connectivity index (χ1) is 25.2. The van der Waals surface area contributed by atoms with E-state index in [-0.39, 0.29) is 11.8 Å². The Labute approximate surface area is 315 Å². The second-order valence-electron chi connectivity index (χ2n) is 13.3. The monoisotopic (exact) mass is 745 g/mol. The fraction of sp³-hybridized carbons (Fsp3) is 0.410. The molecule has 11 nitrogen and oxygen atoms in total. The van der Waals surface area contributed by atoms with Crippen LogP contribution in [0.1, 0.15) is 50.7 Å². The van der Waals surface area contributed by atoms with E-state index in [2.05, 4.69) is 15.6 Å². The lowest BCUT2D eigenvalue weighted by Gasteiger charge is -2.31. The van der Waals surface area contributed by atoms with Crippen LogP contribution in [-0.2, 0) is 22.7 Å². The topological polar surface area (TPSA) is 122 Å². The first kappa shape index (κ1) is 37.5. The molecule has 4 aromatic rings. The van der Waals surface area contributed by atoms with E-state index in [9.17, 15) is 9.59 Å². The summed E-state index contributed by atoms with van der Waals surface area (Å²) in [6, 6.07) is 14.3. The predicted molar refractivity (Wildman–Crippen MR) is 203 cm³/mol. The van der Waals surface area contributed by atoms with E-state index in [1.54, 1.807) is 40.5 Å². The van der Waals surface area contributed by atoms with E-state index in [0.717, 1.165) is 68.6 Å². The van der Waals surface area contributed by atoms with E-state index in [4.69, 9.17) is 42.6 Å². The first-order valence-corrected chi connectivity index (χ1v) is 18.4. The molecule has 0 radical (unpaired) electrons. The number of carbonyl (C=O) groups is 2. The van der Waals surface area contributed by atoms with Crippen molar-refractivity contribution in [2.75, 3.05) is 40.4 Å². The molecule has 2 fully saturated rings. The highest BCUT2D eigenvalue weighted by Crippen LogP contribution is 2.42. The summed E-state index contributed by atoms with van der Waals surface area (Å²) in [5.74, 6) is 1.27. The van der Waals surface area contributed by atoms with Gasteiger partial charge in [-0.3, -0.25) is 14.6 Å². The quantitative estimate of drug-likeness (QED) is 0.180. The van der Waals surface area contributed by atoms with Crippen LogP contribution >= 0.6 is 23.2 Å². The summed E-state index contributed by atoms with van der Waals surface area (Å²) in [6.45, 7) is 7.47. The fourth-order valence-electron chi connectivity index (χ4n) is 6.92. The third kappa shape index (κ3) is 8.50. The van der Waals surface area contributed by atoms with Gasteiger partial charge in [-0.05, 0) is 37.8 Å². The average Bonchev–Trinajstić information content (AvgIpc) is 3.17. The zero-order valence-electron chi connectivity index (χ0n) is 30.0. The molecule has 0 aliphatic carbocycles. The number of pyridine rings is 3. The Kier molecular flexibility index (Phi) is 12.3.